The summed E-state index contributed by atoms with van der Waals surface area (Å²) >= 11 is 0. The van der Waals surface area contributed by atoms with Gasteiger partial charge in [-0.25, -0.2) is 4.79 Å². The molecule has 2 rings (SSSR count). The predicted octanol–water partition coefficient (Wildman–Crippen LogP) is 2.33. The number of carboxylic acids is 1. The molecule has 21 heavy (non-hydrogen) atoms. The Bertz CT molecular complexity index is 490. The molecule has 2 unspecified atom stereocenters. The molecule has 0 bridgehead atoms. The quantitative estimate of drug-likeness (QED) is 0.874. The minimum atomic E-state index is -0.746. The highest BCUT2D eigenvalue weighted by molar-refractivity contribution is 5.74. The van der Waals surface area contributed by atoms with Gasteiger partial charge in [-0.1, -0.05) is 36.8 Å². The summed E-state index contributed by atoms with van der Waals surface area (Å²) in [5.41, 5.74) is 1.07. The number of rotatable bonds is 5. The lowest BCUT2D eigenvalue weighted by molar-refractivity contribution is -0.142. The van der Waals surface area contributed by atoms with E-state index in [-0.39, 0.29) is 17.9 Å². The summed E-state index contributed by atoms with van der Waals surface area (Å²) in [7, 11) is 1.74. The highest BCUT2D eigenvalue weighted by atomic mass is 16.4. The van der Waals surface area contributed by atoms with Crippen LogP contribution in [0.5, 0.6) is 0 Å². The Morgan fingerprint density at radius 3 is 2.67 bits per heavy atom. The molecule has 0 saturated heterocycles. The number of hydrogen-bond donors (Lipinski definition) is 2. The van der Waals surface area contributed by atoms with E-state index in [0.29, 0.717) is 13.1 Å². The molecule has 1 saturated carbocycles. The van der Waals surface area contributed by atoms with Crippen LogP contribution in [0.15, 0.2) is 30.3 Å². The van der Waals surface area contributed by atoms with Crippen LogP contribution < -0.4 is 5.32 Å². The number of carboxylic acid groups (broad SMARTS) is 1. The van der Waals surface area contributed by atoms with Crippen molar-refractivity contribution < 1.29 is 14.7 Å². The Hall–Kier alpha value is -2.04. The van der Waals surface area contributed by atoms with Crippen molar-refractivity contribution in [2.24, 2.45) is 11.8 Å². The standard InChI is InChI=1S/C16H22N2O3/c1-18(11-12-6-3-2-4-7-12)16(21)17-10-13-8-5-9-14(13)15(19)20/h2-4,6-7,13-14H,5,8-11H2,1H3,(H,17,21)(H,19,20). The molecule has 1 aromatic rings. The zero-order chi connectivity index (χ0) is 15.2. The summed E-state index contributed by atoms with van der Waals surface area (Å²) in [6, 6.07) is 9.61. The minimum Gasteiger partial charge on any atom is -0.481 e. The maximum Gasteiger partial charge on any atom is 0.317 e. The summed E-state index contributed by atoms with van der Waals surface area (Å²) in [5, 5.41) is 12.0. The topological polar surface area (TPSA) is 69.6 Å². The average Bonchev–Trinajstić information content (AvgIpc) is 2.94. The van der Waals surface area contributed by atoms with E-state index in [1.807, 2.05) is 30.3 Å². The number of urea groups is 1. The van der Waals surface area contributed by atoms with Crippen molar-refractivity contribution in [1.82, 2.24) is 10.2 Å². The molecule has 0 aromatic heterocycles. The third-order valence-corrected chi connectivity index (χ3v) is 4.10. The molecule has 114 valence electrons. The summed E-state index contributed by atoms with van der Waals surface area (Å²) in [5.74, 6) is -1.01. The molecule has 2 atom stereocenters. The second kappa shape index (κ2) is 7.11. The first-order chi connectivity index (χ1) is 10.1. The van der Waals surface area contributed by atoms with Crippen molar-refractivity contribution in [1.29, 1.82) is 0 Å². The Morgan fingerprint density at radius 1 is 1.29 bits per heavy atom. The fourth-order valence-corrected chi connectivity index (χ4v) is 2.89. The molecule has 0 radical (unpaired) electrons. The summed E-state index contributed by atoms with van der Waals surface area (Å²) in [6.07, 6.45) is 2.52. The van der Waals surface area contributed by atoms with Crippen molar-refractivity contribution in [2.45, 2.75) is 25.8 Å². The van der Waals surface area contributed by atoms with Crippen LogP contribution in [-0.2, 0) is 11.3 Å². The average molecular weight is 290 g/mol. The van der Waals surface area contributed by atoms with Gasteiger partial charge in [0.25, 0.3) is 0 Å². The largest absolute Gasteiger partial charge is 0.481 e. The van der Waals surface area contributed by atoms with E-state index in [0.717, 1.165) is 24.8 Å². The Morgan fingerprint density at radius 2 is 2.00 bits per heavy atom. The van der Waals surface area contributed by atoms with Crippen molar-refractivity contribution in [3.8, 4) is 0 Å². The predicted molar refractivity (Wildman–Crippen MR) is 79.8 cm³/mol. The van der Waals surface area contributed by atoms with Crippen molar-refractivity contribution in [2.75, 3.05) is 13.6 Å². The maximum absolute atomic E-state index is 12.0. The van der Waals surface area contributed by atoms with Gasteiger partial charge in [0.2, 0.25) is 0 Å². The molecule has 2 amide bonds. The lowest BCUT2D eigenvalue weighted by Crippen LogP contribution is -2.40. The third kappa shape index (κ3) is 4.21. The Labute approximate surface area is 125 Å². The number of nitrogens with zero attached hydrogens (tertiary/aromatic N) is 1. The molecule has 1 fully saturated rings. The molecular weight excluding hydrogens is 268 g/mol. The van der Waals surface area contributed by atoms with Gasteiger partial charge in [-0.15, -0.1) is 0 Å². The molecule has 1 aromatic carbocycles. The first-order valence-electron chi connectivity index (χ1n) is 7.33. The van der Waals surface area contributed by atoms with E-state index in [1.165, 1.54) is 0 Å². The van der Waals surface area contributed by atoms with E-state index in [1.54, 1.807) is 11.9 Å². The molecule has 0 heterocycles. The molecule has 0 spiro atoms. The van der Waals surface area contributed by atoms with Gasteiger partial charge >= 0.3 is 12.0 Å². The zero-order valence-electron chi connectivity index (χ0n) is 12.3. The molecule has 2 N–H and O–H groups in total. The van der Waals surface area contributed by atoms with Gasteiger partial charge in [0.15, 0.2) is 0 Å². The van der Waals surface area contributed by atoms with Crippen molar-refractivity contribution in [3.05, 3.63) is 35.9 Å². The number of amides is 2. The van der Waals surface area contributed by atoms with Gasteiger partial charge < -0.3 is 15.3 Å². The van der Waals surface area contributed by atoms with Crippen LogP contribution in [0.25, 0.3) is 0 Å². The molecule has 1 aliphatic carbocycles. The highest BCUT2D eigenvalue weighted by Gasteiger charge is 2.32. The van der Waals surface area contributed by atoms with Crippen LogP contribution in [0, 0.1) is 11.8 Å². The Balaban J connectivity index is 1.80. The number of nitrogens with one attached hydrogen (secondary N) is 1. The van der Waals surface area contributed by atoms with E-state index < -0.39 is 5.97 Å². The van der Waals surface area contributed by atoms with Crippen LogP contribution in [-0.4, -0.2) is 35.6 Å². The normalized spacial score (nSPS) is 21.0. The van der Waals surface area contributed by atoms with Gasteiger partial charge in [0, 0.05) is 20.1 Å². The SMILES string of the molecule is CN(Cc1ccccc1)C(=O)NCC1CCCC1C(=O)O. The lowest BCUT2D eigenvalue weighted by atomic mass is 9.96. The highest BCUT2D eigenvalue weighted by Crippen LogP contribution is 2.31. The molecule has 0 aliphatic heterocycles. The number of carbonyl (C=O) groups excluding carboxylic acids is 1. The number of benzene rings is 1. The van der Waals surface area contributed by atoms with E-state index in [9.17, 15) is 9.59 Å². The van der Waals surface area contributed by atoms with Crippen LogP contribution in [0.2, 0.25) is 0 Å². The van der Waals surface area contributed by atoms with E-state index in [4.69, 9.17) is 5.11 Å². The second-order valence-corrected chi connectivity index (χ2v) is 5.66. The van der Waals surface area contributed by atoms with Crippen LogP contribution in [0.4, 0.5) is 4.79 Å². The molecular formula is C16H22N2O3. The van der Waals surface area contributed by atoms with Crippen LogP contribution in [0.1, 0.15) is 24.8 Å². The fraction of sp³-hybridized carbons (Fsp3) is 0.500. The molecule has 5 nitrogen and oxygen atoms in total. The summed E-state index contributed by atoms with van der Waals surface area (Å²) < 4.78 is 0. The van der Waals surface area contributed by atoms with E-state index >= 15 is 0 Å². The lowest BCUT2D eigenvalue weighted by Gasteiger charge is -2.21. The van der Waals surface area contributed by atoms with Gasteiger partial charge in [-0.05, 0) is 24.3 Å². The van der Waals surface area contributed by atoms with Gasteiger partial charge in [-0.2, -0.15) is 0 Å². The van der Waals surface area contributed by atoms with Crippen molar-refractivity contribution in [3.63, 3.8) is 0 Å². The third-order valence-electron chi connectivity index (χ3n) is 4.10. The summed E-state index contributed by atoms with van der Waals surface area (Å²) in [6.45, 7) is 0.981. The van der Waals surface area contributed by atoms with Gasteiger partial charge in [-0.3, -0.25) is 4.79 Å². The smallest absolute Gasteiger partial charge is 0.317 e. The number of hydrogen-bond acceptors (Lipinski definition) is 2. The number of aliphatic carboxylic acids is 1. The zero-order valence-corrected chi connectivity index (χ0v) is 12.3. The maximum atomic E-state index is 12.0. The Kier molecular flexibility index (Phi) is 5.20. The second-order valence-electron chi connectivity index (χ2n) is 5.66. The monoisotopic (exact) mass is 290 g/mol. The summed E-state index contributed by atoms with van der Waals surface area (Å²) in [4.78, 5) is 24.8. The van der Waals surface area contributed by atoms with Crippen LogP contribution >= 0.6 is 0 Å². The number of carbonyl (C=O) groups is 2. The van der Waals surface area contributed by atoms with Gasteiger partial charge in [0.05, 0.1) is 5.92 Å². The minimum absolute atomic E-state index is 0.0524. The first-order valence-corrected chi connectivity index (χ1v) is 7.33. The molecule has 1 aliphatic rings. The van der Waals surface area contributed by atoms with Crippen LogP contribution in [0.3, 0.4) is 0 Å². The van der Waals surface area contributed by atoms with Crippen molar-refractivity contribution >= 4 is 12.0 Å². The molecule has 5 heteroatoms. The first kappa shape index (κ1) is 15.4. The fourth-order valence-electron chi connectivity index (χ4n) is 2.89. The van der Waals surface area contributed by atoms with Gasteiger partial charge in [0.1, 0.15) is 0 Å². The van der Waals surface area contributed by atoms with E-state index in [2.05, 4.69) is 5.32 Å².